The van der Waals surface area contributed by atoms with Crippen LogP contribution in [0.5, 0.6) is 0 Å². The van der Waals surface area contributed by atoms with E-state index in [1.807, 2.05) is 27.7 Å². The van der Waals surface area contributed by atoms with Crippen LogP contribution in [0.1, 0.15) is 34.6 Å². The Hall–Kier alpha value is -1.26. The van der Waals surface area contributed by atoms with Gasteiger partial charge in [-0.3, -0.25) is 0 Å². The molecule has 0 spiro atoms. The van der Waals surface area contributed by atoms with E-state index < -0.39 is 6.04 Å². The van der Waals surface area contributed by atoms with E-state index in [-0.39, 0.29) is 17.9 Å². The van der Waals surface area contributed by atoms with E-state index in [9.17, 15) is 9.59 Å². The summed E-state index contributed by atoms with van der Waals surface area (Å²) in [6.07, 6.45) is 0. The Labute approximate surface area is 103 Å². The van der Waals surface area contributed by atoms with Crippen LogP contribution in [0.3, 0.4) is 0 Å². The second kappa shape index (κ2) is 7.92. The van der Waals surface area contributed by atoms with Crippen LogP contribution in [0, 0.1) is 11.8 Å². The molecule has 17 heavy (non-hydrogen) atoms. The number of hydrogen-bond donors (Lipinski definition) is 2. The molecule has 0 aliphatic rings. The SMILES string of the molecule is CCOC(=O)[C@@H](NC(=O)NCC(C)C)C(C)C. The van der Waals surface area contributed by atoms with Crippen molar-refractivity contribution in [3.63, 3.8) is 0 Å². The summed E-state index contributed by atoms with van der Waals surface area (Å²) in [6.45, 7) is 10.4. The monoisotopic (exact) mass is 244 g/mol. The molecule has 0 aliphatic heterocycles. The van der Waals surface area contributed by atoms with Crippen molar-refractivity contribution in [3.8, 4) is 0 Å². The molecular formula is C12H24N2O3. The van der Waals surface area contributed by atoms with Crippen LogP contribution < -0.4 is 10.6 Å². The quantitative estimate of drug-likeness (QED) is 0.696. The van der Waals surface area contributed by atoms with E-state index in [0.29, 0.717) is 19.1 Å². The highest BCUT2D eigenvalue weighted by Crippen LogP contribution is 2.03. The Morgan fingerprint density at radius 1 is 1.18 bits per heavy atom. The Kier molecular flexibility index (Phi) is 7.34. The molecule has 0 aromatic carbocycles. The summed E-state index contributed by atoms with van der Waals surface area (Å²) in [7, 11) is 0. The van der Waals surface area contributed by atoms with E-state index in [2.05, 4.69) is 10.6 Å². The molecule has 2 amide bonds. The number of esters is 1. The van der Waals surface area contributed by atoms with Crippen molar-refractivity contribution in [3.05, 3.63) is 0 Å². The third-order valence-electron chi connectivity index (χ3n) is 2.16. The number of nitrogens with one attached hydrogen (secondary N) is 2. The van der Waals surface area contributed by atoms with E-state index in [4.69, 9.17) is 4.74 Å². The fourth-order valence-electron chi connectivity index (χ4n) is 1.22. The van der Waals surface area contributed by atoms with Crippen LogP contribution in [0.2, 0.25) is 0 Å². The topological polar surface area (TPSA) is 67.4 Å². The van der Waals surface area contributed by atoms with Crippen molar-refractivity contribution in [1.29, 1.82) is 0 Å². The molecule has 0 unspecified atom stereocenters. The van der Waals surface area contributed by atoms with Crippen LogP contribution in [0.25, 0.3) is 0 Å². The van der Waals surface area contributed by atoms with Gasteiger partial charge in [0.25, 0.3) is 0 Å². The molecule has 2 N–H and O–H groups in total. The lowest BCUT2D eigenvalue weighted by molar-refractivity contribution is -0.146. The van der Waals surface area contributed by atoms with Crippen LogP contribution in [0.4, 0.5) is 4.79 Å². The summed E-state index contributed by atoms with van der Waals surface area (Å²) in [6, 6.07) is -0.924. The number of urea groups is 1. The number of carbonyl (C=O) groups is 2. The number of rotatable bonds is 6. The van der Waals surface area contributed by atoms with Crippen molar-refractivity contribution < 1.29 is 14.3 Å². The number of carbonyl (C=O) groups excluding carboxylic acids is 2. The van der Waals surface area contributed by atoms with Gasteiger partial charge in [0.15, 0.2) is 0 Å². The lowest BCUT2D eigenvalue weighted by atomic mass is 10.1. The highest BCUT2D eigenvalue weighted by atomic mass is 16.5. The van der Waals surface area contributed by atoms with Crippen molar-refractivity contribution >= 4 is 12.0 Å². The first-order valence-electron chi connectivity index (χ1n) is 6.09. The maximum Gasteiger partial charge on any atom is 0.328 e. The number of hydrogen-bond acceptors (Lipinski definition) is 3. The fraction of sp³-hybridized carbons (Fsp3) is 0.833. The van der Waals surface area contributed by atoms with Crippen molar-refractivity contribution in [1.82, 2.24) is 10.6 Å². The zero-order valence-electron chi connectivity index (χ0n) is 11.4. The summed E-state index contributed by atoms with van der Waals surface area (Å²) in [5.74, 6) is -0.0121. The Morgan fingerprint density at radius 3 is 2.18 bits per heavy atom. The van der Waals surface area contributed by atoms with Gasteiger partial charge in [0.1, 0.15) is 6.04 Å². The highest BCUT2D eigenvalue weighted by molar-refractivity contribution is 5.83. The Bertz CT molecular complexity index is 252. The summed E-state index contributed by atoms with van der Waals surface area (Å²) in [5, 5.41) is 5.34. The number of ether oxygens (including phenoxy) is 1. The van der Waals surface area contributed by atoms with Gasteiger partial charge >= 0.3 is 12.0 Å². The van der Waals surface area contributed by atoms with Gasteiger partial charge in [0, 0.05) is 6.54 Å². The normalized spacial score (nSPS) is 12.4. The predicted molar refractivity (Wildman–Crippen MR) is 66.6 cm³/mol. The summed E-state index contributed by atoms with van der Waals surface area (Å²) in [5.41, 5.74) is 0. The third kappa shape index (κ3) is 6.81. The van der Waals surface area contributed by atoms with E-state index in [0.717, 1.165) is 0 Å². The highest BCUT2D eigenvalue weighted by Gasteiger charge is 2.25. The molecule has 5 heteroatoms. The average molecular weight is 244 g/mol. The van der Waals surface area contributed by atoms with Crippen molar-refractivity contribution in [2.75, 3.05) is 13.2 Å². The summed E-state index contributed by atoms with van der Waals surface area (Å²) in [4.78, 5) is 23.1. The smallest absolute Gasteiger partial charge is 0.328 e. The molecule has 0 saturated carbocycles. The van der Waals surface area contributed by atoms with E-state index in [1.165, 1.54) is 0 Å². The van der Waals surface area contributed by atoms with Gasteiger partial charge in [-0.25, -0.2) is 9.59 Å². The summed E-state index contributed by atoms with van der Waals surface area (Å²) >= 11 is 0. The maximum atomic E-state index is 11.6. The largest absolute Gasteiger partial charge is 0.464 e. The number of amides is 2. The standard InChI is InChI=1S/C12H24N2O3/c1-6-17-11(15)10(9(4)5)14-12(16)13-7-8(2)3/h8-10H,6-7H2,1-5H3,(H2,13,14,16)/t10-/m0/s1. The molecule has 0 aromatic heterocycles. The first kappa shape index (κ1) is 15.7. The fourth-order valence-corrected chi connectivity index (χ4v) is 1.22. The van der Waals surface area contributed by atoms with Crippen LogP contribution in [-0.4, -0.2) is 31.2 Å². The molecule has 5 nitrogen and oxygen atoms in total. The Balaban J connectivity index is 4.25. The average Bonchev–Trinajstić information content (AvgIpc) is 2.22. The molecule has 100 valence electrons. The lowest BCUT2D eigenvalue weighted by Crippen LogP contribution is -2.49. The van der Waals surface area contributed by atoms with Gasteiger partial charge in [-0.2, -0.15) is 0 Å². The second-order valence-electron chi connectivity index (χ2n) is 4.72. The van der Waals surface area contributed by atoms with Gasteiger partial charge in [0.05, 0.1) is 6.61 Å². The van der Waals surface area contributed by atoms with Crippen molar-refractivity contribution in [2.24, 2.45) is 11.8 Å². The molecule has 0 radical (unpaired) electrons. The molecule has 0 heterocycles. The molecular weight excluding hydrogens is 220 g/mol. The zero-order chi connectivity index (χ0) is 13.4. The van der Waals surface area contributed by atoms with Gasteiger partial charge < -0.3 is 15.4 Å². The van der Waals surface area contributed by atoms with Gasteiger partial charge in [-0.05, 0) is 18.8 Å². The van der Waals surface area contributed by atoms with Gasteiger partial charge in [-0.15, -0.1) is 0 Å². The first-order chi connectivity index (χ1) is 7.88. The maximum absolute atomic E-state index is 11.6. The van der Waals surface area contributed by atoms with E-state index >= 15 is 0 Å². The van der Waals surface area contributed by atoms with Crippen LogP contribution in [-0.2, 0) is 9.53 Å². The lowest BCUT2D eigenvalue weighted by Gasteiger charge is -2.21. The Morgan fingerprint density at radius 2 is 1.76 bits per heavy atom. The van der Waals surface area contributed by atoms with Gasteiger partial charge in [-0.1, -0.05) is 27.7 Å². The molecule has 0 fully saturated rings. The van der Waals surface area contributed by atoms with Crippen molar-refractivity contribution in [2.45, 2.75) is 40.7 Å². The van der Waals surface area contributed by atoms with E-state index in [1.54, 1.807) is 6.92 Å². The molecule has 0 aliphatic carbocycles. The second-order valence-corrected chi connectivity index (χ2v) is 4.72. The predicted octanol–water partition coefficient (Wildman–Crippen LogP) is 1.53. The summed E-state index contributed by atoms with van der Waals surface area (Å²) < 4.78 is 4.91. The minimum absolute atomic E-state index is 0.00106. The third-order valence-corrected chi connectivity index (χ3v) is 2.16. The van der Waals surface area contributed by atoms with Crippen LogP contribution >= 0.6 is 0 Å². The zero-order valence-corrected chi connectivity index (χ0v) is 11.4. The molecule has 0 rings (SSSR count). The van der Waals surface area contributed by atoms with Gasteiger partial charge in [0.2, 0.25) is 0 Å². The molecule has 0 saturated heterocycles. The molecule has 0 aromatic rings. The minimum atomic E-state index is -0.595. The molecule has 1 atom stereocenters. The molecule has 0 bridgehead atoms. The van der Waals surface area contributed by atoms with Crippen LogP contribution in [0.15, 0.2) is 0 Å². The first-order valence-corrected chi connectivity index (χ1v) is 6.09. The minimum Gasteiger partial charge on any atom is -0.464 e.